The van der Waals surface area contributed by atoms with Crippen molar-refractivity contribution in [3.05, 3.63) is 40.8 Å². The van der Waals surface area contributed by atoms with E-state index < -0.39 is 11.9 Å². The predicted octanol–water partition coefficient (Wildman–Crippen LogP) is 3.25. The Hall–Kier alpha value is -1.56. The van der Waals surface area contributed by atoms with Gasteiger partial charge in [0.2, 0.25) is 0 Å². The molecular weight excluding hydrogens is 255 g/mol. The lowest BCUT2D eigenvalue weighted by atomic mass is 10.3. The Morgan fingerprint density at radius 2 is 2.00 bits per heavy atom. The van der Waals surface area contributed by atoms with Crippen LogP contribution in [-0.4, -0.2) is 14.8 Å². The summed E-state index contributed by atoms with van der Waals surface area (Å²) in [6.45, 7) is 1.66. The second kappa shape index (κ2) is 4.03. The third kappa shape index (κ3) is 2.41. The van der Waals surface area contributed by atoms with Crippen molar-refractivity contribution < 1.29 is 13.2 Å². The van der Waals surface area contributed by atoms with Gasteiger partial charge in [0.05, 0.1) is 16.9 Å². The molecule has 0 saturated heterocycles. The molecule has 2 rings (SSSR count). The molecule has 0 bridgehead atoms. The van der Waals surface area contributed by atoms with E-state index >= 15 is 0 Å². The van der Waals surface area contributed by atoms with Gasteiger partial charge in [-0.2, -0.15) is 18.3 Å². The maximum atomic E-state index is 12.4. The van der Waals surface area contributed by atoms with E-state index in [-0.39, 0.29) is 5.82 Å². The number of pyridine rings is 1. The summed E-state index contributed by atoms with van der Waals surface area (Å²) in [4.78, 5) is 3.49. The van der Waals surface area contributed by atoms with Crippen LogP contribution in [0.15, 0.2) is 24.4 Å². The van der Waals surface area contributed by atoms with Gasteiger partial charge >= 0.3 is 6.18 Å². The zero-order chi connectivity index (χ0) is 12.6. The van der Waals surface area contributed by atoms with Crippen LogP contribution in [-0.2, 0) is 6.18 Å². The molecule has 0 amide bonds. The number of aryl methyl sites for hydroxylation is 1. The van der Waals surface area contributed by atoms with Crippen molar-refractivity contribution in [3.8, 4) is 5.82 Å². The van der Waals surface area contributed by atoms with Gasteiger partial charge in [-0.25, -0.2) is 9.67 Å². The Labute approximate surface area is 99.8 Å². The topological polar surface area (TPSA) is 30.7 Å². The van der Waals surface area contributed by atoms with Gasteiger partial charge in [-0.3, -0.25) is 0 Å². The maximum absolute atomic E-state index is 12.4. The highest BCUT2D eigenvalue weighted by Gasteiger charge is 2.32. The number of aromatic nitrogens is 3. The minimum atomic E-state index is -4.47. The Bertz CT molecular complexity index is 528. The van der Waals surface area contributed by atoms with Crippen molar-refractivity contribution in [1.82, 2.24) is 14.8 Å². The number of rotatable bonds is 1. The first-order valence-corrected chi connectivity index (χ1v) is 5.02. The largest absolute Gasteiger partial charge is 0.433 e. The molecule has 0 fully saturated rings. The Kier molecular flexibility index (Phi) is 2.82. The highest BCUT2D eigenvalue weighted by molar-refractivity contribution is 6.31. The molecule has 2 heterocycles. The van der Waals surface area contributed by atoms with E-state index in [4.69, 9.17) is 11.6 Å². The summed E-state index contributed by atoms with van der Waals surface area (Å²) in [6.07, 6.45) is -3.05. The monoisotopic (exact) mass is 261 g/mol. The first-order valence-electron chi connectivity index (χ1n) is 4.64. The van der Waals surface area contributed by atoms with Crippen LogP contribution in [0.25, 0.3) is 5.82 Å². The van der Waals surface area contributed by atoms with E-state index in [2.05, 4.69) is 10.1 Å². The molecule has 0 atom stereocenters. The summed E-state index contributed by atoms with van der Waals surface area (Å²) in [7, 11) is 0. The van der Waals surface area contributed by atoms with Crippen LogP contribution < -0.4 is 0 Å². The van der Waals surface area contributed by atoms with Crippen LogP contribution in [0, 0.1) is 6.92 Å². The van der Waals surface area contributed by atoms with Gasteiger partial charge < -0.3 is 0 Å². The molecule has 17 heavy (non-hydrogen) atoms. The molecule has 0 unspecified atom stereocenters. The molecule has 0 aliphatic heterocycles. The Morgan fingerprint density at radius 1 is 1.29 bits per heavy atom. The molecule has 0 spiro atoms. The SMILES string of the molecule is Cc1nn(-c2cccc(C(F)(F)F)n2)cc1Cl. The van der Waals surface area contributed by atoms with Gasteiger partial charge in [-0.05, 0) is 19.1 Å². The first-order chi connectivity index (χ1) is 7.88. The molecule has 7 heteroatoms. The van der Waals surface area contributed by atoms with Crippen LogP contribution in [0.3, 0.4) is 0 Å². The highest BCUT2D eigenvalue weighted by atomic mass is 35.5. The Morgan fingerprint density at radius 3 is 2.53 bits per heavy atom. The van der Waals surface area contributed by atoms with Crippen LogP contribution >= 0.6 is 11.6 Å². The van der Waals surface area contributed by atoms with Gasteiger partial charge in [0.15, 0.2) is 5.82 Å². The average Bonchev–Trinajstić information content (AvgIpc) is 2.58. The summed E-state index contributed by atoms with van der Waals surface area (Å²) in [5, 5.41) is 4.34. The predicted molar refractivity (Wildman–Crippen MR) is 56.1 cm³/mol. The Balaban J connectivity index is 2.47. The van der Waals surface area contributed by atoms with Gasteiger partial charge in [0.1, 0.15) is 5.69 Å². The normalized spacial score (nSPS) is 11.8. The number of alkyl halides is 3. The van der Waals surface area contributed by atoms with E-state index in [1.54, 1.807) is 6.92 Å². The summed E-state index contributed by atoms with van der Waals surface area (Å²) in [5.74, 6) is 0.0785. The van der Waals surface area contributed by atoms with E-state index in [9.17, 15) is 13.2 Å². The minimum Gasteiger partial charge on any atom is -0.224 e. The van der Waals surface area contributed by atoms with E-state index in [0.29, 0.717) is 10.7 Å². The van der Waals surface area contributed by atoms with Crippen molar-refractivity contribution in [2.75, 3.05) is 0 Å². The van der Waals surface area contributed by atoms with E-state index in [1.807, 2.05) is 0 Å². The second-order valence-electron chi connectivity index (χ2n) is 3.39. The lowest BCUT2D eigenvalue weighted by Gasteiger charge is -2.07. The molecule has 0 N–H and O–H groups in total. The van der Waals surface area contributed by atoms with Gasteiger partial charge in [-0.1, -0.05) is 17.7 Å². The molecule has 90 valence electrons. The summed E-state index contributed by atoms with van der Waals surface area (Å²) in [6, 6.07) is 3.61. The standard InChI is InChI=1S/C10H7ClF3N3/c1-6-7(11)5-17(16-6)9-4-2-3-8(15-9)10(12,13)14/h2-5H,1H3. The highest BCUT2D eigenvalue weighted by Crippen LogP contribution is 2.28. The molecule has 2 aromatic heterocycles. The van der Waals surface area contributed by atoms with Crippen molar-refractivity contribution in [2.24, 2.45) is 0 Å². The molecule has 0 aliphatic carbocycles. The fraction of sp³-hybridized carbons (Fsp3) is 0.200. The number of hydrogen-bond acceptors (Lipinski definition) is 2. The van der Waals surface area contributed by atoms with Crippen LogP contribution in [0.1, 0.15) is 11.4 Å². The molecule has 0 saturated carbocycles. The number of nitrogens with zero attached hydrogens (tertiary/aromatic N) is 3. The zero-order valence-corrected chi connectivity index (χ0v) is 9.42. The molecule has 0 aliphatic rings. The third-order valence-corrected chi connectivity index (χ3v) is 2.47. The fourth-order valence-corrected chi connectivity index (χ4v) is 1.40. The summed E-state index contributed by atoms with van der Waals surface area (Å²) >= 11 is 5.78. The van der Waals surface area contributed by atoms with Gasteiger partial charge in [0, 0.05) is 0 Å². The smallest absolute Gasteiger partial charge is 0.224 e. The molecular formula is C10H7ClF3N3. The lowest BCUT2D eigenvalue weighted by molar-refractivity contribution is -0.141. The van der Waals surface area contributed by atoms with Crippen molar-refractivity contribution in [2.45, 2.75) is 13.1 Å². The van der Waals surface area contributed by atoms with Gasteiger partial charge in [-0.15, -0.1) is 0 Å². The minimum absolute atomic E-state index is 0.0785. The van der Waals surface area contributed by atoms with E-state index in [0.717, 1.165) is 6.07 Å². The van der Waals surface area contributed by atoms with Crippen molar-refractivity contribution in [3.63, 3.8) is 0 Å². The summed E-state index contributed by atoms with van der Waals surface area (Å²) in [5.41, 5.74) is -0.426. The molecule has 3 nitrogen and oxygen atoms in total. The molecule has 0 radical (unpaired) electrons. The van der Waals surface area contributed by atoms with Crippen LogP contribution in [0.5, 0.6) is 0 Å². The maximum Gasteiger partial charge on any atom is 0.433 e. The number of hydrogen-bond donors (Lipinski definition) is 0. The summed E-state index contributed by atoms with van der Waals surface area (Å²) < 4.78 is 38.6. The second-order valence-corrected chi connectivity index (χ2v) is 3.79. The lowest BCUT2D eigenvalue weighted by Crippen LogP contribution is -2.10. The average molecular weight is 262 g/mol. The van der Waals surface area contributed by atoms with Crippen molar-refractivity contribution in [1.29, 1.82) is 0 Å². The number of halogens is 4. The fourth-order valence-electron chi connectivity index (χ4n) is 1.27. The van der Waals surface area contributed by atoms with Crippen molar-refractivity contribution >= 4 is 11.6 Å². The van der Waals surface area contributed by atoms with Crippen LogP contribution in [0.4, 0.5) is 13.2 Å². The quantitative estimate of drug-likeness (QED) is 0.789. The molecule has 2 aromatic rings. The third-order valence-electron chi connectivity index (χ3n) is 2.10. The molecule has 0 aromatic carbocycles. The van der Waals surface area contributed by atoms with E-state index in [1.165, 1.54) is 23.0 Å². The zero-order valence-electron chi connectivity index (χ0n) is 8.66. The van der Waals surface area contributed by atoms with Gasteiger partial charge in [0.25, 0.3) is 0 Å². The van der Waals surface area contributed by atoms with Crippen LogP contribution in [0.2, 0.25) is 5.02 Å². The first kappa shape index (κ1) is 11.9.